The van der Waals surface area contributed by atoms with E-state index in [1.807, 2.05) is 61.6 Å². The van der Waals surface area contributed by atoms with E-state index in [4.69, 9.17) is 14.6 Å². The standard InChI is InChI=1S/C34H32FN7O4/c1-40(19-20-7-10-22(45-2)11-8-20)29-16-31(39-42-30(18-37-32(29)42)33(43)38-27-15-25(27)35)41-14-13-24-23(5-4-6-28(24)41)26-12-9-21(17-36-26)34(44)46-3/h4-12,16-18,25,27H,13-15,19H2,1-3H3,(H,38,43)/t25-,27+/m0/s1. The van der Waals surface area contributed by atoms with Gasteiger partial charge in [0.05, 0.1) is 43.4 Å². The van der Waals surface area contributed by atoms with Crippen molar-refractivity contribution in [1.82, 2.24) is 24.9 Å². The second-order valence-corrected chi connectivity index (χ2v) is 11.4. The molecule has 234 valence electrons. The molecule has 1 amide bonds. The van der Waals surface area contributed by atoms with Crippen molar-refractivity contribution in [2.75, 3.05) is 37.6 Å². The quantitative estimate of drug-likeness (QED) is 0.233. The fraction of sp³-hybridized carbons (Fsp3) is 0.265. The number of hydrogen-bond donors (Lipinski definition) is 1. The Labute approximate surface area is 264 Å². The van der Waals surface area contributed by atoms with E-state index in [-0.39, 0.29) is 5.69 Å². The fourth-order valence-electron chi connectivity index (χ4n) is 5.86. The Bertz CT molecular complexity index is 1940. The minimum absolute atomic E-state index is 0.234. The largest absolute Gasteiger partial charge is 0.497 e. The van der Waals surface area contributed by atoms with E-state index < -0.39 is 24.1 Å². The van der Waals surface area contributed by atoms with Crippen molar-refractivity contribution >= 4 is 34.7 Å². The first-order chi connectivity index (χ1) is 22.3. The van der Waals surface area contributed by atoms with E-state index in [2.05, 4.69) is 25.1 Å². The molecule has 0 saturated heterocycles. The van der Waals surface area contributed by atoms with Crippen LogP contribution < -0.4 is 19.9 Å². The molecule has 3 aromatic heterocycles. The number of benzene rings is 2. The van der Waals surface area contributed by atoms with Gasteiger partial charge in [0.15, 0.2) is 17.2 Å². The number of anilines is 3. The number of esters is 1. The summed E-state index contributed by atoms with van der Waals surface area (Å²) in [6.07, 6.45) is 3.02. The van der Waals surface area contributed by atoms with E-state index in [0.717, 1.165) is 45.9 Å². The molecule has 2 aliphatic rings. The number of imidazole rings is 1. The van der Waals surface area contributed by atoms with Crippen LogP contribution in [0.4, 0.5) is 21.6 Å². The van der Waals surface area contributed by atoms with Crippen LogP contribution in [0.2, 0.25) is 0 Å². The van der Waals surface area contributed by atoms with Gasteiger partial charge in [-0.1, -0.05) is 24.3 Å². The summed E-state index contributed by atoms with van der Waals surface area (Å²) in [5, 5.41) is 7.67. The predicted octanol–water partition coefficient (Wildman–Crippen LogP) is 4.76. The number of carbonyl (C=O) groups excluding carboxylic acids is 2. The summed E-state index contributed by atoms with van der Waals surface area (Å²) in [6.45, 7) is 1.21. The Morgan fingerprint density at radius 3 is 2.57 bits per heavy atom. The third-order valence-electron chi connectivity index (χ3n) is 8.45. The van der Waals surface area contributed by atoms with Gasteiger partial charge in [-0.3, -0.25) is 9.78 Å². The van der Waals surface area contributed by atoms with Crippen molar-refractivity contribution in [2.24, 2.45) is 0 Å². The summed E-state index contributed by atoms with van der Waals surface area (Å²) >= 11 is 0. The summed E-state index contributed by atoms with van der Waals surface area (Å²) in [5.74, 6) is 0.552. The van der Waals surface area contributed by atoms with Gasteiger partial charge in [0.25, 0.3) is 5.91 Å². The molecule has 12 heteroatoms. The van der Waals surface area contributed by atoms with Gasteiger partial charge in [0.1, 0.15) is 11.9 Å². The fourth-order valence-corrected chi connectivity index (χ4v) is 5.86. The average molecular weight is 622 g/mol. The lowest BCUT2D eigenvalue weighted by Gasteiger charge is -2.24. The van der Waals surface area contributed by atoms with Crippen molar-refractivity contribution < 1.29 is 23.5 Å². The van der Waals surface area contributed by atoms with Crippen LogP contribution in [-0.2, 0) is 17.7 Å². The smallest absolute Gasteiger partial charge is 0.339 e. The molecule has 1 aliphatic carbocycles. The molecule has 0 spiro atoms. The van der Waals surface area contributed by atoms with E-state index in [0.29, 0.717) is 36.5 Å². The van der Waals surface area contributed by atoms with Gasteiger partial charge in [0, 0.05) is 50.1 Å². The summed E-state index contributed by atoms with van der Waals surface area (Å²) in [7, 11) is 4.94. The maximum Gasteiger partial charge on any atom is 0.339 e. The van der Waals surface area contributed by atoms with Crippen LogP contribution >= 0.6 is 0 Å². The molecule has 11 nitrogen and oxygen atoms in total. The number of halogens is 1. The van der Waals surface area contributed by atoms with Gasteiger partial charge in [-0.15, -0.1) is 5.10 Å². The highest BCUT2D eigenvalue weighted by Gasteiger charge is 2.39. The zero-order valence-corrected chi connectivity index (χ0v) is 25.6. The minimum atomic E-state index is -1.03. The molecule has 0 bridgehead atoms. The average Bonchev–Trinajstić information content (AvgIpc) is 3.41. The number of hydrogen-bond acceptors (Lipinski definition) is 9. The number of rotatable bonds is 9. The monoisotopic (exact) mass is 621 g/mol. The van der Waals surface area contributed by atoms with Crippen molar-refractivity contribution in [3.63, 3.8) is 0 Å². The second kappa shape index (κ2) is 11.8. The Balaban J connectivity index is 1.27. The number of carbonyl (C=O) groups is 2. The summed E-state index contributed by atoms with van der Waals surface area (Å²) in [6, 6.07) is 18.9. The molecule has 0 radical (unpaired) electrons. The van der Waals surface area contributed by atoms with Crippen molar-refractivity contribution in [3.8, 4) is 17.0 Å². The third-order valence-corrected chi connectivity index (χ3v) is 8.45. The van der Waals surface area contributed by atoms with Crippen LogP contribution in [-0.4, -0.2) is 71.5 Å². The van der Waals surface area contributed by atoms with Gasteiger partial charge in [0.2, 0.25) is 0 Å². The SMILES string of the molecule is COC(=O)c1ccc(-c2cccc3c2CCN3c2cc(N(C)Cc3ccc(OC)cc3)c3ncc(C(=O)N[C@@H]4C[C@@H]4F)n3n2)nc1. The van der Waals surface area contributed by atoms with Gasteiger partial charge >= 0.3 is 5.97 Å². The lowest BCUT2D eigenvalue weighted by molar-refractivity contribution is 0.0600. The maximum absolute atomic E-state index is 13.7. The number of nitrogens with one attached hydrogen (secondary N) is 1. The number of alkyl halides is 1. The van der Waals surface area contributed by atoms with E-state index in [9.17, 15) is 14.0 Å². The number of methoxy groups -OCH3 is 2. The highest BCUT2D eigenvalue weighted by molar-refractivity contribution is 5.94. The predicted molar refractivity (Wildman–Crippen MR) is 171 cm³/mol. The first kappa shape index (κ1) is 29.2. The Hall–Kier alpha value is -5.52. The number of ether oxygens (including phenoxy) is 2. The Morgan fingerprint density at radius 2 is 1.87 bits per heavy atom. The highest BCUT2D eigenvalue weighted by atomic mass is 19.1. The second-order valence-electron chi connectivity index (χ2n) is 11.4. The molecular formula is C34H32FN7O4. The number of fused-ring (bicyclic) bond motifs is 2. The van der Waals surface area contributed by atoms with E-state index >= 15 is 0 Å². The lowest BCUT2D eigenvalue weighted by Crippen LogP contribution is -2.29. The lowest BCUT2D eigenvalue weighted by atomic mass is 10.0. The molecule has 4 heterocycles. The molecule has 0 unspecified atom stereocenters. The molecular weight excluding hydrogens is 589 g/mol. The van der Waals surface area contributed by atoms with Crippen LogP contribution in [0, 0.1) is 0 Å². The molecule has 5 aromatic rings. The third kappa shape index (κ3) is 5.35. The normalized spacial score (nSPS) is 16.7. The van der Waals surface area contributed by atoms with Crippen molar-refractivity contribution in [3.05, 3.63) is 95.4 Å². The first-order valence-electron chi connectivity index (χ1n) is 15.0. The van der Waals surface area contributed by atoms with Crippen LogP contribution in [0.1, 0.15) is 38.4 Å². The van der Waals surface area contributed by atoms with Gasteiger partial charge in [-0.2, -0.15) is 0 Å². The summed E-state index contributed by atoms with van der Waals surface area (Å²) in [4.78, 5) is 38.5. The van der Waals surface area contributed by atoms with Crippen LogP contribution in [0.5, 0.6) is 5.75 Å². The summed E-state index contributed by atoms with van der Waals surface area (Å²) in [5.41, 5.74) is 6.75. The van der Waals surface area contributed by atoms with Crippen LogP contribution in [0.15, 0.2) is 73.1 Å². The Morgan fingerprint density at radius 1 is 1.07 bits per heavy atom. The van der Waals surface area contributed by atoms with E-state index in [1.165, 1.54) is 19.5 Å². The highest BCUT2D eigenvalue weighted by Crippen LogP contribution is 2.40. The minimum Gasteiger partial charge on any atom is -0.497 e. The van der Waals surface area contributed by atoms with Crippen LogP contribution in [0.3, 0.4) is 0 Å². The molecule has 1 N–H and O–H groups in total. The van der Waals surface area contributed by atoms with Gasteiger partial charge < -0.3 is 24.6 Å². The van der Waals surface area contributed by atoms with Gasteiger partial charge in [-0.25, -0.2) is 18.7 Å². The number of pyridine rings is 1. The number of nitrogens with zero attached hydrogens (tertiary/aromatic N) is 6. The van der Waals surface area contributed by atoms with Crippen LogP contribution in [0.25, 0.3) is 16.9 Å². The van der Waals surface area contributed by atoms with E-state index in [1.54, 1.807) is 17.7 Å². The topological polar surface area (TPSA) is 114 Å². The van der Waals surface area contributed by atoms with Crippen molar-refractivity contribution in [1.29, 1.82) is 0 Å². The van der Waals surface area contributed by atoms with Crippen molar-refractivity contribution in [2.45, 2.75) is 31.6 Å². The Kier molecular flexibility index (Phi) is 7.47. The number of aromatic nitrogens is 4. The zero-order chi connectivity index (χ0) is 31.9. The first-order valence-corrected chi connectivity index (χ1v) is 15.0. The summed E-state index contributed by atoms with van der Waals surface area (Å²) < 4.78 is 25.3. The number of amides is 1. The molecule has 2 atom stereocenters. The van der Waals surface area contributed by atoms with Gasteiger partial charge in [-0.05, 0) is 47.9 Å². The molecule has 1 saturated carbocycles. The maximum atomic E-state index is 13.7. The molecule has 46 heavy (non-hydrogen) atoms. The molecule has 7 rings (SSSR count). The molecule has 1 aliphatic heterocycles. The zero-order valence-electron chi connectivity index (χ0n) is 25.6. The molecule has 2 aromatic carbocycles. The molecule has 1 fully saturated rings.